The van der Waals surface area contributed by atoms with Crippen LogP contribution in [0.25, 0.3) is 22.6 Å². The van der Waals surface area contributed by atoms with Crippen LogP contribution in [0.5, 0.6) is 0 Å². The predicted molar refractivity (Wildman–Crippen MR) is 133 cm³/mol. The van der Waals surface area contributed by atoms with Crippen LogP contribution in [0.2, 0.25) is 0 Å². The fourth-order valence-electron chi connectivity index (χ4n) is 3.19. The Bertz CT molecular complexity index is 1110. The number of aromatic amines is 1. The van der Waals surface area contributed by atoms with E-state index in [2.05, 4.69) is 37.6 Å². The summed E-state index contributed by atoms with van der Waals surface area (Å²) in [5.41, 5.74) is 3.93. The van der Waals surface area contributed by atoms with Gasteiger partial charge < -0.3 is 19.7 Å². The van der Waals surface area contributed by atoms with Gasteiger partial charge in [0.15, 0.2) is 11.7 Å². The maximum Gasteiger partial charge on any atom is 0.194 e. The van der Waals surface area contributed by atoms with Gasteiger partial charge in [0.25, 0.3) is 0 Å². The van der Waals surface area contributed by atoms with Crippen LogP contribution in [0.4, 0.5) is 0 Å². The molecule has 4 rings (SSSR count). The number of halogens is 1. The molecule has 2 N–H and O–H groups in total. The van der Waals surface area contributed by atoms with Gasteiger partial charge in [-0.25, -0.2) is 4.98 Å². The number of H-pyrrole nitrogens is 1. The number of guanidine groups is 1. The Labute approximate surface area is 198 Å². The van der Waals surface area contributed by atoms with Crippen molar-refractivity contribution < 1.29 is 4.52 Å². The molecule has 0 radical (unpaired) electrons. The van der Waals surface area contributed by atoms with E-state index >= 15 is 0 Å². The number of hydrogen-bond acceptors (Lipinski definition) is 4. The highest BCUT2D eigenvalue weighted by Crippen LogP contribution is 2.20. The van der Waals surface area contributed by atoms with E-state index < -0.39 is 0 Å². The molecule has 0 aliphatic heterocycles. The zero-order valence-electron chi connectivity index (χ0n) is 17.4. The van der Waals surface area contributed by atoms with Crippen molar-refractivity contribution in [3.8, 4) is 22.6 Å². The molecule has 0 aliphatic carbocycles. The van der Waals surface area contributed by atoms with Crippen LogP contribution >= 0.6 is 24.0 Å². The van der Waals surface area contributed by atoms with Gasteiger partial charge in [-0.15, -0.1) is 24.0 Å². The van der Waals surface area contributed by atoms with Crippen LogP contribution < -0.4 is 5.32 Å². The molecule has 7 nitrogen and oxygen atoms in total. The van der Waals surface area contributed by atoms with Crippen LogP contribution in [0.15, 0.2) is 82.4 Å². The first-order valence-electron chi connectivity index (χ1n) is 9.75. The van der Waals surface area contributed by atoms with Gasteiger partial charge in [0, 0.05) is 25.7 Å². The van der Waals surface area contributed by atoms with Crippen molar-refractivity contribution >= 4 is 29.9 Å². The molecule has 2 aromatic heterocycles. The van der Waals surface area contributed by atoms with E-state index in [9.17, 15) is 0 Å². The van der Waals surface area contributed by atoms with E-state index in [-0.39, 0.29) is 24.0 Å². The van der Waals surface area contributed by atoms with Gasteiger partial charge in [-0.2, -0.15) is 0 Å². The number of nitrogens with one attached hydrogen (secondary N) is 2. The first kappa shape index (κ1) is 22.5. The minimum Gasteiger partial charge on any atom is -0.356 e. The maximum atomic E-state index is 5.46. The van der Waals surface area contributed by atoms with Crippen molar-refractivity contribution in [2.24, 2.45) is 4.99 Å². The van der Waals surface area contributed by atoms with E-state index in [1.807, 2.05) is 72.7 Å². The number of imidazole rings is 1. The fourth-order valence-corrected chi connectivity index (χ4v) is 3.19. The molecule has 0 aliphatic rings. The lowest BCUT2D eigenvalue weighted by Crippen LogP contribution is -2.38. The summed E-state index contributed by atoms with van der Waals surface area (Å²) in [5, 5.41) is 7.47. The molecule has 0 spiro atoms. The summed E-state index contributed by atoms with van der Waals surface area (Å²) in [6.07, 6.45) is 1.86. The van der Waals surface area contributed by atoms with Crippen molar-refractivity contribution in [2.45, 2.75) is 13.1 Å². The second kappa shape index (κ2) is 10.8. The molecule has 160 valence electrons. The van der Waals surface area contributed by atoms with E-state index in [1.165, 1.54) is 0 Å². The molecular weight excluding hydrogens is 503 g/mol. The highest BCUT2D eigenvalue weighted by molar-refractivity contribution is 14.0. The van der Waals surface area contributed by atoms with Crippen LogP contribution in [-0.4, -0.2) is 40.1 Å². The smallest absolute Gasteiger partial charge is 0.194 e. The predicted octanol–water partition coefficient (Wildman–Crippen LogP) is 4.56. The third-order valence-electron chi connectivity index (χ3n) is 4.72. The zero-order chi connectivity index (χ0) is 20.8. The monoisotopic (exact) mass is 528 g/mol. The highest BCUT2D eigenvalue weighted by atomic mass is 127. The second-order valence-corrected chi connectivity index (χ2v) is 6.91. The van der Waals surface area contributed by atoms with Crippen LogP contribution in [0.3, 0.4) is 0 Å². The van der Waals surface area contributed by atoms with Gasteiger partial charge in [0.1, 0.15) is 11.5 Å². The number of rotatable bonds is 6. The molecule has 2 heterocycles. The summed E-state index contributed by atoms with van der Waals surface area (Å²) in [5.74, 6) is 2.36. The van der Waals surface area contributed by atoms with E-state index in [4.69, 9.17) is 4.52 Å². The third-order valence-corrected chi connectivity index (χ3v) is 4.72. The zero-order valence-corrected chi connectivity index (χ0v) is 19.8. The molecule has 31 heavy (non-hydrogen) atoms. The molecule has 8 heteroatoms. The largest absolute Gasteiger partial charge is 0.356 e. The topological polar surface area (TPSA) is 82.3 Å². The van der Waals surface area contributed by atoms with Crippen LogP contribution in [-0.2, 0) is 13.1 Å². The summed E-state index contributed by atoms with van der Waals surface area (Å²) in [6, 6.07) is 22.0. The van der Waals surface area contributed by atoms with Crippen molar-refractivity contribution in [3.05, 3.63) is 84.4 Å². The van der Waals surface area contributed by atoms with Gasteiger partial charge in [-0.1, -0.05) is 65.8 Å². The molecule has 2 aromatic carbocycles. The van der Waals surface area contributed by atoms with Crippen molar-refractivity contribution in [1.82, 2.24) is 25.3 Å². The Morgan fingerprint density at radius 1 is 1.06 bits per heavy atom. The third kappa shape index (κ3) is 5.72. The van der Waals surface area contributed by atoms with E-state index in [1.54, 1.807) is 7.05 Å². The number of nitrogens with zero attached hydrogens (tertiary/aromatic N) is 4. The van der Waals surface area contributed by atoms with Crippen LogP contribution in [0, 0.1) is 0 Å². The Balaban J connectivity index is 0.00000272. The van der Waals surface area contributed by atoms with Gasteiger partial charge in [-0.05, 0) is 5.56 Å². The van der Waals surface area contributed by atoms with Crippen molar-refractivity contribution in [2.75, 3.05) is 14.1 Å². The van der Waals surface area contributed by atoms with Crippen LogP contribution in [0.1, 0.15) is 11.5 Å². The molecule has 0 bridgehead atoms. The molecule has 0 unspecified atom stereocenters. The molecule has 0 saturated heterocycles. The SMILES string of the molecule is CN=C(NCc1cc(-c2ccccc2)on1)N(C)Cc1ncc(-c2ccccc2)[nH]1.I. The fraction of sp³-hybridized carbons (Fsp3) is 0.174. The molecule has 0 saturated carbocycles. The molecular formula is C23H25IN6O. The van der Waals surface area contributed by atoms with Gasteiger partial charge in [0.2, 0.25) is 0 Å². The van der Waals surface area contributed by atoms with Gasteiger partial charge in [-0.3, -0.25) is 4.99 Å². The molecule has 0 amide bonds. The number of hydrogen-bond donors (Lipinski definition) is 2. The van der Waals surface area contributed by atoms with Gasteiger partial charge in [0.05, 0.1) is 25.0 Å². The normalized spacial score (nSPS) is 11.1. The quantitative estimate of drug-likeness (QED) is 0.218. The number of benzene rings is 2. The molecule has 4 aromatic rings. The summed E-state index contributed by atoms with van der Waals surface area (Å²) in [6.45, 7) is 1.11. The Morgan fingerprint density at radius 2 is 1.74 bits per heavy atom. The maximum absolute atomic E-state index is 5.46. The first-order valence-corrected chi connectivity index (χ1v) is 9.75. The Hall–Kier alpha value is -3.14. The Morgan fingerprint density at radius 3 is 2.42 bits per heavy atom. The average Bonchev–Trinajstić information content (AvgIpc) is 3.45. The Kier molecular flexibility index (Phi) is 7.82. The highest BCUT2D eigenvalue weighted by Gasteiger charge is 2.12. The standard InChI is InChI=1S/C23H24N6O.HI/c1-24-23(26-14-19-13-21(30-28-19)18-11-7-4-8-12-18)29(2)16-22-25-15-20(27-22)17-9-5-3-6-10-17;/h3-13,15H,14,16H2,1-2H3,(H,24,26)(H,25,27);1H. The lowest BCUT2D eigenvalue weighted by molar-refractivity contribution is 0.419. The summed E-state index contributed by atoms with van der Waals surface area (Å²) < 4.78 is 5.46. The number of aliphatic imine (C=N–C) groups is 1. The molecule has 0 fully saturated rings. The lowest BCUT2D eigenvalue weighted by atomic mass is 10.2. The summed E-state index contributed by atoms with van der Waals surface area (Å²) in [4.78, 5) is 14.2. The second-order valence-electron chi connectivity index (χ2n) is 6.91. The lowest BCUT2D eigenvalue weighted by Gasteiger charge is -2.20. The summed E-state index contributed by atoms with van der Waals surface area (Å²) in [7, 11) is 3.73. The summed E-state index contributed by atoms with van der Waals surface area (Å²) >= 11 is 0. The minimum absolute atomic E-state index is 0. The van der Waals surface area contributed by atoms with E-state index in [0.29, 0.717) is 13.1 Å². The van der Waals surface area contributed by atoms with Crippen molar-refractivity contribution in [3.63, 3.8) is 0 Å². The number of aromatic nitrogens is 3. The first-order chi connectivity index (χ1) is 14.7. The van der Waals surface area contributed by atoms with Gasteiger partial charge >= 0.3 is 0 Å². The molecule has 0 atom stereocenters. The average molecular weight is 528 g/mol. The minimum atomic E-state index is 0. The van der Waals surface area contributed by atoms with Crippen molar-refractivity contribution in [1.29, 1.82) is 0 Å². The van der Waals surface area contributed by atoms with E-state index in [0.717, 1.165) is 40.1 Å².